The lowest BCUT2D eigenvalue weighted by Crippen LogP contribution is -2.46. The van der Waals surface area contributed by atoms with E-state index in [9.17, 15) is 9.90 Å². The molecule has 1 aromatic rings. The van der Waals surface area contributed by atoms with Gasteiger partial charge >= 0.3 is 0 Å². The first-order chi connectivity index (χ1) is 18.2. The molecule has 1 amide bonds. The second kappa shape index (κ2) is 17.1. The second-order valence-electron chi connectivity index (χ2n) is 11.6. The molecule has 2 rings (SSSR count). The summed E-state index contributed by atoms with van der Waals surface area (Å²) in [5, 5.41) is 14.3. The van der Waals surface area contributed by atoms with Crippen LogP contribution in [0.5, 0.6) is 5.75 Å². The highest BCUT2D eigenvalue weighted by atomic mass is 16.5. The molecule has 4 atom stereocenters. The van der Waals surface area contributed by atoms with E-state index in [1.54, 1.807) is 7.11 Å². The van der Waals surface area contributed by atoms with E-state index in [-0.39, 0.29) is 29.8 Å². The van der Waals surface area contributed by atoms with Gasteiger partial charge in [0.2, 0.25) is 5.91 Å². The summed E-state index contributed by atoms with van der Waals surface area (Å²) in [4.78, 5) is 13.0. The number of methoxy groups -OCH3 is 1. The van der Waals surface area contributed by atoms with Gasteiger partial charge in [0.1, 0.15) is 5.75 Å². The molecule has 38 heavy (non-hydrogen) atoms. The standard InChI is InChI=1S/C31H54N2O5/c1-7-24-17-23(9-10-30(24)38-14-8-13-36-6)18-25(21(2)3)19-28(32)29(34)20-27(22(4)5)31(35)33-26-11-15-37-16-12-26/h9-10,17,21-22,25-29,34H,7-8,11-16,18-20,32H2,1-6H3,(H,33,35). The molecule has 0 spiro atoms. The Morgan fingerprint density at radius 1 is 1.13 bits per heavy atom. The highest BCUT2D eigenvalue weighted by Gasteiger charge is 2.31. The lowest BCUT2D eigenvalue weighted by molar-refractivity contribution is -0.129. The Kier molecular flexibility index (Phi) is 14.7. The lowest BCUT2D eigenvalue weighted by Gasteiger charge is -2.31. The molecule has 1 aliphatic heterocycles. The Balaban J connectivity index is 1.98. The zero-order valence-corrected chi connectivity index (χ0v) is 24.7. The fourth-order valence-corrected chi connectivity index (χ4v) is 5.23. The molecule has 1 saturated heterocycles. The summed E-state index contributed by atoms with van der Waals surface area (Å²) in [5.74, 6) is 1.57. The van der Waals surface area contributed by atoms with E-state index in [0.29, 0.717) is 51.1 Å². The number of aryl methyl sites for hydroxylation is 1. The first kappa shape index (κ1) is 32.5. The molecule has 218 valence electrons. The molecule has 0 aromatic heterocycles. The number of rotatable bonds is 17. The van der Waals surface area contributed by atoms with Crippen molar-refractivity contribution >= 4 is 5.91 Å². The molecule has 0 aliphatic carbocycles. The van der Waals surface area contributed by atoms with Gasteiger partial charge in [0.15, 0.2) is 0 Å². The molecule has 0 bridgehead atoms. The summed E-state index contributed by atoms with van der Waals surface area (Å²) >= 11 is 0. The SMILES string of the molecule is CCc1cc(CC(CC(N)C(O)CC(C(=O)NC2CCOCC2)C(C)C)C(C)C)ccc1OCCCOC. The molecule has 0 radical (unpaired) electrons. The van der Waals surface area contributed by atoms with Crippen molar-refractivity contribution in [2.24, 2.45) is 29.4 Å². The van der Waals surface area contributed by atoms with Crippen LogP contribution in [0.2, 0.25) is 0 Å². The van der Waals surface area contributed by atoms with E-state index >= 15 is 0 Å². The predicted molar refractivity (Wildman–Crippen MR) is 153 cm³/mol. The van der Waals surface area contributed by atoms with Crippen LogP contribution in [0.15, 0.2) is 18.2 Å². The topological polar surface area (TPSA) is 103 Å². The number of hydrogen-bond acceptors (Lipinski definition) is 6. The number of aliphatic hydroxyl groups is 1. The van der Waals surface area contributed by atoms with Gasteiger partial charge in [0.25, 0.3) is 0 Å². The lowest BCUT2D eigenvalue weighted by atomic mass is 9.80. The number of hydrogen-bond donors (Lipinski definition) is 3. The fraction of sp³-hybridized carbons (Fsp3) is 0.774. The van der Waals surface area contributed by atoms with Crippen molar-refractivity contribution in [3.63, 3.8) is 0 Å². The summed E-state index contributed by atoms with van der Waals surface area (Å²) in [6.07, 6.45) is 4.72. The minimum absolute atomic E-state index is 0.0233. The van der Waals surface area contributed by atoms with Crippen molar-refractivity contribution in [2.75, 3.05) is 33.5 Å². The average Bonchev–Trinajstić information content (AvgIpc) is 2.89. The number of amides is 1. The molecule has 1 heterocycles. The molecule has 0 saturated carbocycles. The molecule has 7 nitrogen and oxygen atoms in total. The molecule has 4 unspecified atom stereocenters. The van der Waals surface area contributed by atoms with Crippen LogP contribution in [-0.4, -0.2) is 62.7 Å². The van der Waals surface area contributed by atoms with Crippen molar-refractivity contribution in [1.29, 1.82) is 0 Å². The third-order valence-electron chi connectivity index (χ3n) is 7.97. The third kappa shape index (κ3) is 10.8. The summed E-state index contributed by atoms with van der Waals surface area (Å²) < 4.78 is 16.5. The first-order valence-electron chi connectivity index (χ1n) is 14.7. The minimum Gasteiger partial charge on any atom is -0.493 e. The van der Waals surface area contributed by atoms with Crippen LogP contribution in [-0.2, 0) is 27.1 Å². The van der Waals surface area contributed by atoms with Crippen LogP contribution >= 0.6 is 0 Å². The molecule has 4 N–H and O–H groups in total. The van der Waals surface area contributed by atoms with Crippen molar-refractivity contribution in [1.82, 2.24) is 5.32 Å². The number of nitrogens with two attached hydrogens (primary N) is 1. The summed E-state index contributed by atoms with van der Waals surface area (Å²) in [6.45, 7) is 13.4. The van der Waals surface area contributed by atoms with Gasteiger partial charge in [-0.1, -0.05) is 46.8 Å². The summed E-state index contributed by atoms with van der Waals surface area (Å²) in [5.41, 5.74) is 9.05. The summed E-state index contributed by atoms with van der Waals surface area (Å²) in [6, 6.07) is 6.25. The van der Waals surface area contributed by atoms with Crippen molar-refractivity contribution in [3.8, 4) is 5.75 Å². The Morgan fingerprint density at radius 3 is 2.45 bits per heavy atom. The molecular formula is C31H54N2O5. The van der Waals surface area contributed by atoms with Crippen LogP contribution in [0, 0.1) is 23.7 Å². The number of ether oxygens (including phenoxy) is 3. The molecule has 1 aromatic carbocycles. The van der Waals surface area contributed by atoms with Crippen molar-refractivity contribution < 1.29 is 24.1 Å². The van der Waals surface area contributed by atoms with Gasteiger partial charge < -0.3 is 30.4 Å². The van der Waals surface area contributed by atoms with E-state index in [2.05, 4.69) is 44.3 Å². The van der Waals surface area contributed by atoms with E-state index in [4.69, 9.17) is 19.9 Å². The zero-order chi connectivity index (χ0) is 28.1. The Morgan fingerprint density at radius 2 is 1.84 bits per heavy atom. The molecule has 1 fully saturated rings. The van der Waals surface area contributed by atoms with Gasteiger partial charge in [-0.2, -0.15) is 0 Å². The second-order valence-corrected chi connectivity index (χ2v) is 11.6. The Hall–Kier alpha value is -1.67. The van der Waals surface area contributed by atoms with Crippen LogP contribution in [0.4, 0.5) is 0 Å². The zero-order valence-electron chi connectivity index (χ0n) is 24.7. The number of carbonyl (C=O) groups excluding carboxylic acids is 1. The highest BCUT2D eigenvalue weighted by Crippen LogP contribution is 2.28. The molecule has 1 aliphatic rings. The Bertz CT molecular complexity index is 809. The predicted octanol–water partition coefficient (Wildman–Crippen LogP) is 4.51. The average molecular weight is 535 g/mol. The van der Waals surface area contributed by atoms with Gasteiger partial charge in [-0.15, -0.1) is 0 Å². The molecular weight excluding hydrogens is 480 g/mol. The van der Waals surface area contributed by atoms with Crippen molar-refractivity contribution in [2.45, 2.75) is 97.8 Å². The maximum Gasteiger partial charge on any atom is 0.223 e. The van der Waals surface area contributed by atoms with Gasteiger partial charge in [-0.05, 0) is 73.5 Å². The third-order valence-corrected chi connectivity index (χ3v) is 7.97. The number of nitrogens with one attached hydrogen (secondary N) is 1. The maximum atomic E-state index is 13.0. The first-order valence-corrected chi connectivity index (χ1v) is 14.7. The van der Waals surface area contributed by atoms with Crippen molar-refractivity contribution in [3.05, 3.63) is 29.3 Å². The number of carbonyl (C=O) groups is 1. The quantitative estimate of drug-likeness (QED) is 0.254. The van der Waals surface area contributed by atoms with Crippen LogP contribution in [0.25, 0.3) is 0 Å². The fourth-order valence-electron chi connectivity index (χ4n) is 5.23. The number of aliphatic hydroxyl groups excluding tert-OH is 1. The normalized spacial score (nSPS) is 17.8. The van der Waals surface area contributed by atoms with E-state index < -0.39 is 6.10 Å². The Labute approximate surface area is 231 Å². The monoisotopic (exact) mass is 534 g/mol. The smallest absolute Gasteiger partial charge is 0.223 e. The van der Waals surface area contributed by atoms with E-state index in [1.807, 2.05) is 13.8 Å². The van der Waals surface area contributed by atoms with Gasteiger partial charge in [0, 0.05) is 51.4 Å². The molecule has 7 heteroatoms. The van der Waals surface area contributed by atoms with Crippen LogP contribution in [0.1, 0.15) is 77.8 Å². The van der Waals surface area contributed by atoms with E-state index in [0.717, 1.165) is 37.9 Å². The largest absolute Gasteiger partial charge is 0.493 e. The highest BCUT2D eigenvalue weighted by molar-refractivity contribution is 5.79. The summed E-state index contributed by atoms with van der Waals surface area (Å²) in [7, 11) is 1.70. The number of benzene rings is 1. The van der Waals surface area contributed by atoms with Gasteiger partial charge in [0.05, 0.1) is 12.7 Å². The van der Waals surface area contributed by atoms with Gasteiger partial charge in [-0.3, -0.25) is 4.79 Å². The van der Waals surface area contributed by atoms with E-state index in [1.165, 1.54) is 11.1 Å². The van der Waals surface area contributed by atoms with Gasteiger partial charge in [-0.25, -0.2) is 0 Å². The minimum atomic E-state index is -0.724. The van der Waals surface area contributed by atoms with Crippen LogP contribution in [0.3, 0.4) is 0 Å². The van der Waals surface area contributed by atoms with Crippen LogP contribution < -0.4 is 15.8 Å². The maximum absolute atomic E-state index is 13.0.